The van der Waals surface area contributed by atoms with Crippen molar-refractivity contribution in [1.82, 2.24) is 5.32 Å². The van der Waals surface area contributed by atoms with Gasteiger partial charge in [-0.15, -0.1) is 0 Å². The summed E-state index contributed by atoms with van der Waals surface area (Å²) in [5.74, 6) is 0. The van der Waals surface area contributed by atoms with Gasteiger partial charge in [0.2, 0.25) is 0 Å². The Kier molecular flexibility index (Phi) is 8.31. The quantitative estimate of drug-likeness (QED) is 0.626. The van der Waals surface area contributed by atoms with E-state index < -0.39 is 0 Å². The molecule has 0 spiro atoms. The van der Waals surface area contributed by atoms with Crippen LogP contribution in [0.2, 0.25) is 0 Å². The maximum absolute atomic E-state index is 9.94. The Hall–Kier alpha value is -0.380. The fraction of sp³-hybridized carbons (Fsp3) is 0.733. The van der Waals surface area contributed by atoms with Crippen molar-refractivity contribution in [2.24, 2.45) is 0 Å². The van der Waals surface area contributed by atoms with Crippen LogP contribution in [0.25, 0.3) is 0 Å². The molecule has 3 heteroatoms. The van der Waals surface area contributed by atoms with E-state index in [0.29, 0.717) is 12.6 Å². The van der Waals surface area contributed by atoms with E-state index in [-0.39, 0.29) is 6.10 Å². The second kappa shape index (κ2) is 9.54. The van der Waals surface area contributed by atoms with E-state index in [4.69, 9.17) is 0 Å². The minimum absolute atomic E-state index is 0.362. The van der Waals surface area contributed by atoms with Gasteiger partial charge in [-0.1, -0.05) is 39.0 Å². The van der Waals surface area contributed by atoms with Crippen LogP contribution in [0.5, 0.6) is 0 Å². The molecule has 18 heavy (non-hydrogen) atoms. The third-order valence-corrected chi connectivity index (χ3v) is 4.03. The number of rotatable bonds is 10. The minimum Gasteiger partial charge on any atom is -0.387 e. The first kappa shape index (κ1) is 15.7. The van der Waals surface area contributed by atoms with Gasteiger partial charge in [-0.2, -0.15) is 11.3 Å². The summed E-state index contributed by atoms with van der Waals surface area (Å²) in [4.78, 5) is 0. The highest BCUT2D eigenvalue weighted by atomic mass is 32.1. The van der Waals surface area contributed by atoms with Crippen LogP contribution >= 0.6 is 11.3 Å². The van der Waals surface area contributed by atoms with E-state index in [1.54, 1.807) is 11.3 Å². The second-order valence-corrected chi connectivity index (χ2v) is 5.86. The number of thiophene rings is 1. The van der Waals surface area contributed by atoms with Gasteiger partial charge < -0.3 is 10.4 Å². The molecule has 0 aliphatic heterocycles. The number of hydrogen-bond acceptors (Lipinski definition) is 3. The van der Waals surface area contributed by atoms with Gasteiger partial charge in [0.15, 0.2) is 0 Å². The zero-order chi connectivity index (χ0) is 13.2. The molecule has 0 saturated carbocycles. The van der Waals surface area contributed by atoms with E-state index in [1.807, 2.05) is 16.8 Å². The topological polar surface area (TPSA) is 32.3 Å². The molecule has 2 unspecified atom stereocenters. The van der Waals surface area contributed by atoms with E-state index in [2.05, 4.69) is 19.2 Å². The van der Waals surface area contributed by atoms with Gasteiger partial charge >= 0.3 is 0 Å². The van der Waals surface area contributed by atoms with E-state index in [0.717, 1.165) is 5.56 Å². The largest absolute Gasteiger partial charge is 0.387 e. The number of aliphatic hydroxyl groups excluding tert-OH is 1. The Labute approximate surface area is 115 Å². The van der Waals surface area contributed by atoms with Crippen molar-refractivity contribution in [3.63, 3.8) is 0 Å². The molecule has 1 rings (SSSR count). The van der Waals surface area contributed by atoms with E-state index >= 15 is 0 Å². The van der Waals surface area contributed by atoms with Crippen LogP contribution in [0, 0.1) is 0 Å². The van der Waals surface area contributed by atoms with Crippen molar-refractivity contribution in [2.75, 3.05) is 6.54 Å². The molecule has 1 aromatic heterocycles. The third-order valence-electron chi connectivity index (χ3n) is 3.33. The van der Waals surface area contributed by atoms with Gasteiger partial charge in [0.05, 0.1) is 6.10 Å². The second-order valence-electron chi connectivity index (χ2n) is 5.08. The maximum Gasteiger partial charge on any atom is 0.0922 e. The smallest absolute Gasteiger partial charge is 0.0922 e. The van der Waals surface area contributed by atoms with Crippen molar-refractivity contribution in [2.45, 2.75) is 64.5 Å². The van der Waals surface area contributed by atoms with Gasteiger partial charge in [-0.05, 0) is 35.7 Å². The zero-order valence-corrected chi connectivity index (χ0v) is 12.5. The number of nitrogens with one attached hydrogen (secondary N) is 1. The summed E-state index contributed by atoms with van der Waals surface area (Å²) in [5.41, 5.74) is 1.03. The average Bonchev–Trinajstić information content (AvgIpc) is 2.89. The first-order valence-corrected chi connectivity index (χ1v) is 8.11. The van der Waals surface area contributed by atoms with Crippen LogP contribution in [0.1, 0.15) is 64.0 Å². The molecular weight excluding hydrogens is 242 g/mol. The summed E-state index contributed by atoms with van der Waals surface area (Å²) in [6.07, 6.45) is 7.51. The minimum atomic E-state index is -0.362. The lowest BCUT2D eigenvalue weighted by Crippen LogP contribution is -2.30. The molecule has 0 aliphatic rings. The van der Waals surface area contributed by atoms with Gasteiger partial charge in [0.25, 0.3) is 0 Å². The van der Waals surface area contributed by atoms with Gasteiger partial charge in [-0.25, -0.2) is 0 Å². The first-order valence-electron chi connectivity index (χ1n) is 7.17. The monoisotopic (exact) mass is 269 g/mol. The number of aliphatic hydroxyl groups is 1. The van der Waals surface area contributed by atoms with Crippen LogP contribution in [0.15, 0.2) is 16.8 Å². The predicted molar refractivity (Wildman–Crippen MR) is 80.1 cm³/mol. The summed E-state index contributed by atoms with van der Waals surface area (Å²) >= 11 is 1.64. The van der Waals surface area contributed by atoms with Crippen LogP contribution in [-0.2, 0) is 0 Å². The summed E-state index contributed by atoms with van der Waals surface area (Å²) in [6.45, 7) is 5.11. The molecule has 0 radical (unpaired) electrons. The van der Waals surface area contributed by atoms with Crippen molar-refractivity contribution in [3.05, 3.63) is 22.4 Å². The molecule has 0 aromatic carbocycles. The van der Waals surface area contributed by atoms with Crippen LogP contribution in [0.3, 0.4) is 0 Å². The van der Waals surface area contributed by atoms with Crippen molar-refractivity contribution >= 4 is 11.3 Å². The summed E-state index contributed by atoms with van der Waals surface area (Å²) in [6, 6.07) is 2.49. The third kappa shape index (κ3) is 6.53. The Morgan fingerprint density at radius 2 is 2.06 bits per heavy atom. The molecule has 1 aromatic rings. The molecule has 0 fully saturated rings. The van der Waals surface area contributed by atoms with E-state index in [1.165, 1.54) is 38.5 Å². The lowest BCUT2D eigenvalue weighted by molar-refractivity contribution is 0.170. The molecule has 2 atom stereocenters. The molecule has 0 bridgehead atoms. The summed E-state index contributed by atoms with van der Waals surface area (Å²) in [7, 11) is 0. The Morgan fingerprint density at radius 1 is 1.28 bits per heavy atom. The number of hydrogen-bond donors (Lipinski definition) is 2. The first-order chi connectivity index (χ1) is 8.74. The standard InChI is InChI=1S/C15H27NOS/c1-3-4-5-6-7-8-13(2)16-11-15(17)14-9-10-18-12-14/h9-10,12-13,15-17H,3-8,11H2,1-2H3. The molecule has 0 amide bonds. The molecule has 2 nitrogen and oxygen atoms in total. The molecule has 2 N–H and O–H groups in total. The Balaban J connectivity index is 2.04. The fourth-order valence-electron chi connectivity index (χ4n) is 2.05. The molecule has 1 heterocycles. The van der Waals surface area contributed by atoms with E-state index in [9.17, 15) is 5.11 Å². The lowest BCUT2D eigenvalue weighted by Gasteiger charge is -2.16. The highest BCUT2D eigenvalue weighted by molar-refractivity contribution is 7.07. The molecule has 104 valence electrons. The molecular formula is C15H27NOS. The van der Waals surface area contributed by atoms with Crippen molar-refractivity contribution in [3.8, 4) is 0 Å². The highest BCUT2D eigenvalue weighted by Crippen LogP contribution is 2.15. The normalized spacial score (nSPS) is 14.6. The average molecular weight is 269 g/mol. The van der Waals surface area contributed by atoms with Gasteiger partial charge in [-0.3, -0.25) is 0 Å². The van der Waals surface area contributed by atoms with Crippen LogP contribution in [-0.4, -0.2) is 17.7 Å². The lowest BCUT2D eigenvalue weighted by atomic mass is 10.1. The van der Waals surface area contributed by atoms with Crippen LogP contribution in [0.4, 0.5) is 0 Å². The Bertz CT molecular complexity index is 287. The summed E-state index contributed by atoms with van der Waals surface area (Å²) in [5, 5.41) is 17.4. The number of unbranched alkanes of at least 4 members (excludes halogenated alkanes) is 4. The summed E-state index contributed by atoms with van der Waals surface area (Å²) < 4.78 is 0. The SMILES string of the molecule is CCCCCCCC(C)NCC(O)c1ccsc1. The maximum atomic E-state index is 9.94. The fourth-order valence-corrected chi connectivity index (χ4v) is 2.76. The zero-order valence-electron chi connectivity index (χ0n) is 11.7. The van der Waals surface area contributed by atoms with Crippen molar-refractivity contribution in [1.29, 1.82) is 0 Å². The van der Waals surface area contributed by atoms with Gasteiger partial charge in [0.1, 0.15) is 0 Å². The van der Waals surface area contributed by atoms with Gasteiger partial charge in [0, 0.05) is 12.6 Å². The van der Waals surface area contributed by atoms with Crippen LogP contribution < -0.4 is 5.32 Å². The Morgan fingerprint density at radius 3 is 2.72 bits per heavy atom. The molecule has 0 aliphatic carbocycles. The highest BCUT2D eigenvalue weighted by Gasteiger charge is 2.09. The predicted octanol–water partition coefficient (Wildman–Crippen LogP) is 4.12. The van der Waals surface area contributed by atoms with Crippen molar-refractivity contribution < 1.29 is 5.11 Å². The molecule has 0 saturated heterocycles.